The maximum absolute atomic E-state index is 3.92. The molecule has 0 heterocycles. The molecule has 0 N–H and O–H groups in total. The molecule has 0 aromatic heterocycles. The lowest BCUT2D eigenvalue weighted by molar-refractivity contribution is 0.200. The maximum atomic E-state index is 3.92. The lowest BCUT2D eigenvalue weighted by atomic mass is 9.66. The van der Waals surface area contributed by atoms with Gasteiger partial charge in [0.15, 0.2) is 0 Å². The molecule has 25 heavy (non-hydrogen) atoms. The molecule has 0 aromatic rings. The Morgan fingerprint density at radius 2 is 1.24 bits per heavy atom. The van der Waals surface area contributed by atoms with Gasteiger partial charge in [0.2, 0.25) is 0 Å². The third kappa shape index (κ3) is 6.03. The lowest BCUT2D eigenvalue weighted by Crippen LogP contribution is -2.28. The third-order valence-electron chi connectivity index (χ3n) is 6.33. The zero-order valence-electron chi connectivity index (χ0n) is 16.3. The van der Waals surface area contributed by atoms with E-state index in [9.17, 15) is 0 Å². The second-order valence-electron chi connectivity index (χ2n) is 8.01. The summed E-state index contributed by atoms with van der Waals surface area (Å²) in [7, 11) is 0. The van der Waals surface area contributed by atoms with Crippen LogP contribution in [0.5, 0.6) is 0 Å². The van der Waals surface area contributed by atoms with Crippen molar-refractivity contribution in [3.8, 4) is 0 Å². The summed E-state index contributed by atoms with van der Waals surface area (Å²) in [5.41, 5.74) is 0.318. The van der Waals surface area contributed by atoms with Crippen LogP contribution in [0.3, 0.4) is 0 Å². The Morgan fingerprint density at radius 1 is 0.680 bits per heavy atom. The molecule has 2 fully saturated rings. The Bertz CT molecular complexity index is 482. The van der Waals surface area contributed by atoms with Gasteiger partial charge in [-0.1, -0.05) is 43.4 Å². The van der Waals surface area contributed by atoms with Crippen LogP contribution in [0.1, 0.15) is 45.4 Å². The van der Waals surface area contributed by atoms with Gasteiger partial charge in [-0.05, 0) is 73.5 Å². The predicted octanol–water partition coefficient (Wildman–Crippen LogP) is 7.54. The van der Waals surface area contributed by atoms with Crippen LogP contribution in [0.25, 0.3) is 0 Å². The minimum absolute atomic E-state index is 0.318. The predicted molar refractivity (Wildman–Crippen MR) is 114 cm³/mol. The average molecular weight is 339 g/mol. The highest BCUT2D eigenvalue weighted by molar-refractivity contribution is 5.05. The second kappa shape index (κ2) is 10.4. The van der Waals surface area contributed by atoms with Crippen LogP contribution in [-0.2, 0) is 0 Å². The first-order valence-electron chi connectivity index (χ1n) is 9.73. The van der Waals surface area contributed by atoms with Gasteiger partial charge in [-0.15, -0.1) is 39.5 Å². The first kappa shape index (κ1) is 21.5. The van der Waals surface area contributed by atoms with Gasteiger partial charge >= 0.3 is 0 Å². The number of hydrogen-bond acceptors (Lipinski definition) is 0. The van der Waals surface area contributed by atoms with Crippen LogP contribution in [0.2, 0.25) is 0 Å². The molecular formula is C25H38. The maximum Gasteiger partial charge on any atom is -0.0143 e. The quantitative estimate of drug-likeness (QED) is 0.439. The Labute approximate surface area is 156 Å². The van der Waals surface area contributed by atoms with Gasteiger partial charge in [0.1, 0.15) is 0 Å². The molecule has 2 aliphatic rings. The van der Waals surface area contributed by atoms with Crippen LogP contribution in [0, 0.1) is 35.0 Å². The summed E-state index contributed by atoms with van der Waals surface area (Å²) in [6.45, 7) is 25.6. The van der Waals surface area contributed by atoms with Gasteiger partial charge in [-0.25, -0.2) is 0 Å². The van der Waals surface area contributed by atoms with Crippen molar-refractivity contribution in [2.24, 2.45) is 35.0 Å². The van der Waals surface area contributed by atoms with Crippen molar-refractivity contribution >= 4 is 0 Å². The van der Waals surface area contributed by atoms with Crippen molar-refractivity contribution in [3.05, 3.63) is 75.9 Å². The van der Waals surface area contributed by atoms with E-state index in [1.807, 2.05) is 0 Å². The molecule has 0 spiro atoms. The van der Waals surface area contributed by atoms with E-state index < -0.39 is 0 Å². The van der Waals surface area contributed by atoms with Crippen LogP contribution in [0.4, 0.5) is 0 Å². The lowest BCUT2D eigenvalue weighted by Gasteiger charge is -2.38. The van der Waals surface area contributed by atoms with Crippen LogP contribution in [0.15, 0.2) is 75.9 Å². The molecular weight excluding hydrogens is 300 g/mol. The highest BCUT2D eigenvalue weighted by atomic mass is 14.4. The summed E-state index contributed by atoms with van der Waals surface area (Å²) in [6.07, 6.45) is 19.8. The third-order valence-corrected chi connectivity index (χ3v) is 6.33. The van der Waals surface area contributed by atoms with E-state index in [0.717, 1.165) is 0 Å². The summed E-state index contributed by atoms with van der Waals surface area (Å²) in [6, 6.07) is 0. The number of hydrogen-bond donors (Lipinski definition) is 0. The summed E-state index contributed by atoms with van der Waals surface area (Å²) < 4.78 is 0. The molecule has 2 saturated carbocycles. The number of allylic oxidation sites excluding steroid dienone is 6. The zero-order chi connectivity index (χ0) is 18.9. The van der Waals surface area contributed by atoms with E-state index in [1.54, 1.807) is 0 Å². The first-order chi connectivity index (χ1) is 12.0. The topological polar surface area (TPSA) is 0 Å². The highest BCUT2D eigenvalue weighted by Crippen LogP contribution is 2.43. The van der Waals surface area contributed by atoms with E-state index in [0.29, 0.717) is 35.0 Å². The van der Waals surface area contributed by atoms with Gasteiger partial charge < -0.3 is 0 Å². The Hall–Kier alpha value is -1.56. The van der Waals surface area contributed by atoms with Gasteiger partial charge in [0.25, 0.3) is 0 Å². The van der Waals surface area contributed by atoms with E-state index in [2.05, 4.69) is 82.9 Å². The van der Waals surface area contributed by atoms with Crippen molar-refractivity contribution in [1.29, 1.82) is 0 Å². The molecule has 2 aliphatic carbocycles. The Balaban J connectivity index is 0.000000251. The molecule has 0 saturated heterocycles. The fourth-order valence-corrected chi connectivity index (χ4v) is 4.28. The number of rotatable bonds is 6. The standard InChI is InChI=1S/C13H20.C12H18/c1-5-11-8-9-13(4,7-3)10-12(11)6-2;1-4-10-7-8-11(5-2)12(6-3)9-10/h5-7,11-12H,1-3,8-10H2,4H3;4-6,10-12H,1-3,7-9H2/t11-,12?,13+;10-,11-,12?/m00/s1. The smallest absolute Gasteiger partial charge is 0.0143 e. The van der Waals surface area contributed by atoms with Crippen LogP contribution >= 0.6 is 0 Å². The summed E-state index contributed by atoms with van der Waals surface area (Å²) in [5, 5.41) is 0. The van der Waals surface area contributed by atoms with E-state index in [1.165, 1.54) is 38.5 Å². The molecule has 138 valence electrons. The summed E-state index contributed by atoms with van der Waals surface area (Å²) >= 11 is 0. The molecule has 2 rings (SSSR count). The van der Waals surface area contributed by atoms with Gasteiger partial charge in [0, 0.05) is 0 Å². The molecule has 6 atom stereocenters. The van der Waals surface area contributed by atoms with Crippen molar-refractivity contribution in [2.45, 2.75) is 45.4 Å². The van der Waals surface area contributed by atoms with Gasteiger partial charge in [-0.3, -0.25) is 0 Å². The SMILES string of the molecule is C=CC1C[C@@H](C=C)CC[C@@H]1C=C.C=CC1C[C@](C)(C=C)CC[C@@H]1C=C. The molecule has 0 radical (unpaired) electrons. The van der Waals surface area contributed by atoms with E-state index >= 15 is 0 Å². The summed E-state index contributed by atoms with van der Waals surface area (Å²) in [5.74, 6) is 3.20. The Morgan fingerprint density at radius 3 is 1.72 bits per heavy atom. The van der Waals surface area contributed by atoms with Crippen molar-refractivity contribution in [1.82, 2.24) is 0 Å². The van der Waals surface area contributed by atoms with Crippen LogP contribution in [-0.4, -0.2) is 0 Å². The molecule has 0 bridgehead atoms. The molecule has 0 amide bonds. The fraction of sp³-hybridized carbons (Fsp3) is 0.520. The van der Waals surface area contributed by atoms with Crippen molar-refractivity contribution < 1.29 is 0 Å². The molecule has 0 nitrogen and oxygen atoms in total. The van der Waals surface area contributed by atoms with E-state index in [4.69, 9.17) is 0 Å². The fourth-order valence-electron chi connectivity index (χ4n) is 4.28. The van der Waals surface area contributed by atoms with Crippen molar-refractivity contribution in [3.63, 3.8) is 0 Å². The molecule has 2 unspecified atom stereocenters. The van der Waals surface area contributed by atoms with Gasteiger partial charge in [-0.2, -0.15) is 0 Å². The van der Waals surface area contributed by atoms with Crippen LogP contribution < -0.4 is 0 Å². The highest BCUT2D eigenvalue weighted by Gasteiger charge is 2.32. The second-order valence-corrected chi connectivity index (χ2v) is 8.01. The zero-order valence-corrected chi connectivity index (χ0v) is 16.3. The molecule has 0 aromatic carbocycles. The first-order valence-corrected chi connectivity index (χ1v) is 9.73. The molecule has 0 aliphatic heterocycles. The van der Waals surface area contributed by atoms with Gasteiger partial charge in [0.05, 0.1) is 0 Å². The minimum atomic E-state index is 0.318. The van der Waals surface area contributed by atoms with Crippen molar-refractivity contribution in [2.75, 3.05) is 0 Å². The Kier molecular flexibility index (Phi) is 8.97. The molecule has 0 heteroatoms. The summed E-state index contributed by atoms with van der Waals surface area (Å²) in [4.78, 5) is 0. The largest absolute Gasteiger partial charge is 0.103 e. The minimum Gasteiger partial charge on any atom is -0.103 e. The normalized spacial score (nSPS) is 37.6. The van der Waals surface area contributed by atoms with E-state index in [-0.39, 0.29) is 0 Å². The average Bonchev–Trinajstić information content (AvgIpc) is 2.67. The monoisotopic (exact) mass is 338 g/mol.